The number of hydrogen-bond acceptors (Lipinski definition) is 3. The maximum atomic E-state index is 13.2. The number of amides is 1. The zero-order chi connectivity index (χ0) is 19.8. The first-order chi connectivity index (χ1) is 14.2. The predicted octanol–water partition coefficient (Wildman–Crippen LogP) is 4.05. The molecule has 0 bridgehead atoms. The molecule has 1 atom stereocenters. The Hall–Kier alpha value is -3.41. The molecule has 1 aliphatic heterocycles. The van der Waals surface area contributed by atoms with Gasteiger partial charge in [-0.3, -0.25) is 9.89 Å². The van der Waals surface area contributed by atoms with Crippen LogP contribution in [0.3, 0.4) is 0 Å². The highest BCUT2D eigenvalue weighted by atomic mass is 16.2. The number of aryl methyl sites for hydroxylation is 1. The Balaban J connectivity index is 1.40. The molecule has 1 unspecified atom stereocenters. The first-order valence-corrected chi connectivity index (χ1v) is 10.0. The number of fused-ring (bicyclic) bond motifs is 1. The molecule has 4 heterocycles. The van der Waals surface area contributed by atoms with Crippen molar-refractivity contribution in [3.05, 3.63) is 78.0 Å². The summed E-state index contributed by atoms with van der Waals surface area (Å²) in [5.74, 6) is 0.239. The first kappa shape index (κ1) is 17.7. The van der Waals surface area contributed by atoms with E-state index in [2.05, 4.69) is 27.3 Å². The predicted molar refractivity (Wildman–Crippen MR) is 112 cm³/mol. The Kier molecular flexibility index (Phi) is 4.39. The Morgan fingerprint density at radius 1 is 1.17 bits per heavy atom. The van der Waals surface area contributed by atoms with Crippen molar-refractivity contribution in [1.29, 1.82) is 0 Å². The molecule has 1 saturated heterocycles. The van der Waals surface area contributed by atoms with E-state index in [0.29, 0.717) is 12.2 Å². The lowest BCUT2D eigenvalue weighted by Gasteiger charge is -2.32. The van der Waals surface area contributed by atoms with Gasteiger partial charge in [0.25, 0.3) is 5.91 Å². The number of piperidine rings is 1. The van der Waals surface area contributed by atoms with Crippen LogP contribution in [0.2, 0.25) is 0 Å². The molecule has 29 heavy (non-hydrogen) atoms. The van der Waals surface area contributed by atoms with E-state index in [4.69, 9.17) is 0 Å². The number of imidazole rings is 1. The van der Waals surface area contributed by atoms with Crippen LogP contribution in [-0.2, 0) is 0 Å². The van der Waals surface area contributed by atoms with Gasteiger partial charge < -0.3 is 9.30 Å². The van der Waals surface area contributed by atoms with E-state index in [1.807, 2.05) is 65.1 Å². The van der Waals surface area contributed by atoms with Crippen LogP contribution in [0, 0.1) is 6.92 Å². The Labute approximate surface area is 169 Å². The van der Waals surface area contributed by atoms with Crippen LogP contribution >= 0.6 is 0 Å². The number of rotatable bonds is 3. The fourth-order valence-electron chi connectivity index (χ4n) is 4.27. The minimum Gasteiger partial charge on any atom is -0.337 e. The van der Waals surface area contributed by atoms with Gasteiger partial charge in [-0.2, -0.15) is 5.10 Å². The average molecular weight is 385 g/mol. The average Bonchev–Trinajstić information content (AvgIpc) is 3.42. The third kappa shape index (κ3) is 3.20. The fourth-order valence-corrected chi connectivity index (χ4v) is 4.27. The summed E-state index contributed by atoms with van der Waals surface area (Å²) >= 11 is 0. The summed E-state index contributed by atoms with van der Waals surface area (Å²) in [7, 11) is 0. The van der Waals surface area contributed by atoms with Crippen LogP contribution < -0.4 is 0 Å². The number of aromatic nitrogens is 4. The molecule has 4 aromatic rings. The van der Waals surface area contributed by atoms with Crippen molar-refractivity contribution in [2.45, 2.75) is 25.7 Å². The Morgan fingerprint density at radius 3 is 2.86 bits per heavy atom. The summed E-state index contributed by atoms with van der Waals surface area (Å²) in [6, 6.07) is 14.3. The quantitative estimate of drug-likeness (QED) is 0.578. The number of nitrogens with zero attached hydrogens (tertiary/aromatic N) is 4. The lowest BCUT2D eigenvalue weighted by atomic mass is 9.90. The number of carbonyl (C=O) groups is 1. The molecule has 1 aliphatic rings. The third-order valence-electron chi connectivity index (χ3n) is 5.77. The molecule has 6 heteroatoms. The van der Waals surface area contributed by atoms with Gasteiger partial charge in [0.05, 0.1) is 6.20 Å². The highest BCUT2D eigenvalue weighted by Gasteiger charge is 2.29. The number of likely N-dealkylation sites (tertiary alicyclic amines) is 1. The molecular formula is C23H23N5O. The first-order valence-electron chi connectivity index (χ1n) is 10.0. The molecule has 1 N–H and O–H groups in total. The Morgan fingerprint density at radius 2 is 2.03 bits per heavy atom. The molecule has 0 spiro atoms. The highest BCUT2D eigenvalue weighted by Crippen LogP contribution is 2.33. The molecule has 5 rings (SSSR count). The van der Waals surface area contributed by atoms with Crippen molar-refractivity contribution in [2.75, 3.05) is 13.1 Å². The van der Waals surface area contributed by atoms with Gasteiger partial charge in [0, 0.05) is 42.7 Å². The lowest BCUT2D eigenvalue weighted by Crippen LogP contribution is -2.39. The number of H-pyrrole nitrogens is 1. The summed E-state index contributed by atoms with van der Waals surface area (Å²) in [5, 5.41) is 7.49. The van der Waals surface area contributed by atoms with Gasteiger partial charge in [0.15, 0.2) is 0 Å². The summed E-state index contributed by atoms with van der Waals surface area (Å²) in [6.45, 7) is 3.45. The number of nitrogens with one attached hydrogen (secondary N) is 1. The number of benzene rings is 1. The van der Waals surface area contributed by atoms with Crippen molar-refractivity contribution >= 4 is 11.6 Å². The van der Waals surface area contributed by atoms with E-state index in [1.165, 1.54) is 0 Å². The minimum absolute atomic E-state index is 0.00132. The second kappa shape index (κ2) is 7.20. The van der Waals surface area contributed by atoms with Crippen molar-refractivity contribution in [2.24, 2.45) is 0 Å². The van der Waals surface area contributed by atoms with Gasteiger partial charge in [-0.1, -0.05) is 36.4 Å². The van der Waals surface area contributed by atoms with Crippen molar-refractivity contribution in [1.82, 2.24) is 24.5 Å². The molecule has 1 aromatic carbocycles. The molecule has 146 valence electrons. The number of pyridine rings is 1. The van der Waals surface area contributed by atoms with Gasteiger partial charge in [-0.25, -0.2) is 4.98 Å². The molecular weight excluding hydrogens is 362 g/mol. The SMILES string of the molecule is Cc1cccn2cc(C(=O)N3CCCC(c4[nH]ncc4-c4ccccc4)C3)nc12. The van der Waals surface area contributed by atoms with Gasteiger partial charge in [0.2, 0.25) is 0 Å². The molecule has 6 nitrogen and oxygen atoms in total. The zero-order valence-electron chi connectivity index (χ0n) is 16.4. The van der Waals surface area contributed by atoms with E-state index in [1.54, 1.807) is 0 Å². The third-order valence-corrected chi connectivity index (χ3v) is 5.77. The zero-order valence-corrected chi connectivity index (χ0v) is 16.4. The lowest BCUT2D eigenvalue weighted by molar-refractivity contribution is 0.0700. The van der Waals surface area contributed by atoms with Gasteiger partial charge in [0.1, 0.15) is 11.3 Å². The van der Waals surface area contributed by atoms with Crippen LogP contribution in [-0.4, -0.2) is 43.5 Å². The van der Waals surface area contributed by atoms with Crippen LogP contribution in [0.4, 0.5) is 0 Å². The van der Waals surface area contributed by atoms with E-state index in [-0.39, 0.29) is 11.8 Å². The molecule has 0 saturated carbocycles. The van der Waals surface area contributed by atoms with E-state index < -0.39 is 0 Å². The normalized spacial score (nSPS) is 17.0. The molecule has 0 radical (unpaired) electrons. The molecule has 0 aliphatic carbocycles. The number of carbonyl (C=O) groups excluding carboxylic acids is 1. The van der Waals surface area contributed by atoms with Crippen LogP contribution in [0.5, 0.6) is 0 Å². The van der Waals surface area contributed by atoms with Gasteiger partial charge in [-0.05, 0) is 37.0 Å². The standard InChI is InChI=1S/C23H23N5O/c1-16-7-5-11-27-15-20(25-22(16)27)23(29)28-12-6-10-18(14-28)21-19(13-24-26-21)17-8-3-2-4-9-17/h2-5,7-9,11,13,15,18H,6,10,12,14H2,1H3,(H,24,26). The number of hydrogen-bond donors (Lipinski definition) is 1. The monoisotopic (exact) mass is 385 g/mol. The summed E-state index contributed by atoms with van der Waals surface area (Å²) in [4.78, 5) is 19.7. The second-order valence-electron chi connectivity index (χ2n) is 7.70. The summed E-state index contributed by atoms with van der Waals surface area (Å²) < 4.78 is 1.92. The number of aromatic amines is 1. The van der Waals surface area contributed by atoms with E-state index in [9.17, 15) is 4.79 Å². The van der Waals surface area contributed by atoms with E-state index >= 15 is 0 Å². The maximum absolute atomic E-state index is 13.2. The van der Waals surface area contributed by atoms with Crippen LogP contribution in [0.1, 0.15) is 40.5 Å². The topological polar surface area (TPSA) is 66.3 Å². The minimum atomic E-state index is -0.00132. The van der Waals surface area contributed by atoms with Crippen molar-refractivity contribution in [3.63, 3.8) is 0 Å². The maximum Gasteiger partial charge on any atom is 0.274 e. The Bertz CT molecular complexity index is 1160. The van der Waals surface area contributed by atoms with Crippen molar-refractivity contribution < 1.29 is 4.79 Å². The van der Waals surface area contributed by atoms with Gasteiger partial charge in [-0.15, -0.1) is 0 Å². The molecule has 1 fully saturated rings. The van der Waals surface area contributed by atoms with Gasteiger partial charge >= 0.3 is 0 Å². The van der Waals surface area contributed by atoms with Crippen LogP contribution in [0.15, 0.2) is 61.1 Å². The molecule has 3 aromatic heterocycles. The molecule has 1 amide bonds. The highest BCUT2D eigenvalue weighted by molar-refractivity contribution is 5.93. The van der Waals surface area contributed by atoms with Crippen LogP contribution in [0.25, 0.3) is 16.8 Å². The van der Waals surface area contributed by atoms with E-state index in [0.717, 1.165) is 47.4 Å². The second-order valence-corrected chi connectivity index (χ2v) is 7.70. The summed E-state index contributed by atoms with van der Waals surface area (Å²) in [5.41, 5.74) is 5.79. The largest absolute Gasteiger partial charge is 0.337 e. The fraction of sp³-hybridized carbons (Fsp3) is 0.261. The van der Waals surface area contributed by atoms with Crippen molar-refractivity contribution in [3.8, 4) is 11.1 Å². The smallest absolute Gasteiger partial charge is 0.274 e. The summed E-state index contributed by atoms with van der Waals surface area (Å²) in [6.07, 6.45) is 7.66.